The van der Waals surface area contributed by atoms with Crippen molar-refractivity contribution < 1.29 is 105 Å². The molecule has 7 aliphatic rings. The molecule has 4 saturated carbocycles. The van der Waals surface area contributed by atoms with Crippen LogP contribution in [-0.4, -0.2) is 213 Å². The van der Waals surface area contributed by atoms with Gasteiger partial charge in [0.25, 0.3) is 0 Å². The van der Waals surface area contributed by atoms with Crippen LogP contribution in [0.15, 0.2) is 12.2 Å². The summed E-state index contributed by atoms with van der Waals surface area (Å²) in [6.07, 6.45) is -20.2. The SMILES string of the molecule is CC(C)(/C=C/CC(C)(O[C@@H]1O[C@H](CO)[C@@H](O)[C@H](O)[C@H]1O)[C@H]1CC[C@]2(C)[C@@H]1[C@H](O)CC1[C@@]3(C)C[C@@H](O)[C@H](O[C@@H]4O[C@H](CO)[C@@H](O)[C@H](O)[C@H]4O[C@@H]4O[C@H](CO)[C@@H](O)[C@H](O)[C@H]4O)C(C)(C)C3CC[C@]12C)OO. The van der Waals surface area contributed by atoms with Crippen molar-refractivity contribution in [1.29, 1.82) is 0 Å². The summed E-state index contributed by atoms with van der Waals surface area (Å²) < 4.78 is 36.8. The molecule has 3 aliphatic heterocycles. The fourth-order valence-corrected chi connectivity index (χ4v) is 14.9. The Hall–Kier alpha value is -1.10. The first kappa shape index (κ1) is 55.6. The predicted octanol–water partition coefficient (Wildman–Crippen LogP) is -1.59. The van der Waals surface area contributed by atoms with E-state index in [1.54, 1.807) is 26.0 Å². The molecule has 3 heterocycles. The summed E-state index contributed by atoms with van der Waals surface area (Å²) in [5.74, 6) is -0.960. The highest BCUT2D eigenvalue weighted by molar-refractivity contribution is 5.21. The second-order valence-electron chi connectivity index (χ2n) is 23.5. The zero-order valence-electron chi connectivity index (χ0n) is 41.0. The molecule has 69 heavy (non-hydrogen) atoms. The molecule has 0 spiro atoms. The monoisotopic (exact) mass is 995 g/mol. The van der Waals surface area contributed by atoms with Crippen LogP contribution < -0.4 is 0 Å². The Morgan fingerprint density at radius 3 is 1.68 bits per heavy atom. The minimum absolute atomic E-state index is 0.124. The van der Waals surface area contributed by atoms with E-state index in [9.17, 15) is 71.6 Å². The summed E-state index contributed by atoms with van der Waals surface area (Å²) in [6, 6.07) is 0. The minimum atomic E-state index is -1.86. The van der Waals surface area contributed by atoms with Gasteiger partial charge < -0.3 is 94.8 Å². The van der Waals surface area contributed by atoms with Crippen LogP contribution in [0.1, 0.15) is 100 Å². The lowest BCUT2D eigenvalue weighted by Gasteiger charge is -2.71. The number of fused-ring (bicyclic) bond motifs is 5. The molecule has 14 N–H and O–H groups in total. The van der Waals surface area contributed by atoms with Gasteiger partial charge in [-0.25, -0.2) is 4.89 Å². The molecule has 21 nitrogen and oxygen atoms in total. The van der Waals surface area contributed by atoms with E-state index in [2.05, 4.69) is 25.7 Å². The van der Waals surface area contributed by atoms with Crippen LogP contribution in [0.3, 0.4) is 0 Å². The zero-order valence-corrected chi connectivity index (χ0v) is 41.0. The molecule has 4 aliphatic carbocycles. The van der Waals surface area contributed by atoms with E-state index in [1.165, 1.54) is 0 Å². The molecular weight excluding hydrogens is 913 g/mol. The van der Waals surface area contributed by atoms with Crippen LogP contribution >= 0.6 is 0 Å². The van der Waals surface area contributed by atoms with E-state index >= 15 is 0 Å². The molecule has 400 valence electrons. The van der Waals surface area contributed by atoms with Crippen LogP contribution in [0.4, 0.5) is 0 Å². The Labute approximate surface area is 403 Å². The van der Waals surface area contributed by atoms with Crippen molar-refractivity contribution in [1.82, 2.24) is 0 Å². The van der Waals surface area contributed by atoms with E-state index in [4.69, 9.17) is 28.4 Å². The topological polar surface area (TPSA) is 348 Å². The van der Waals surface area contributed by atoms with Gasteiger partial charge in [0, 0.05) is 0 Å². The van der Waals surface area contributed by atoms with Crippen molar-refractivity contribution in [3.63, 3.8) is 0 Å². The number of aliphatic hydroxyl groups excluding tert-OH is 13. The van der Waals surface area contributed by atoms with Gasteiger partial charge in [-0.2, -0.15) is 0 Å². The third-order valence-corrected chi connectivity index (χ3v) is 18.8. The molecule has 3 unspecified atom stereocenters. The summed E-state index contributed by atoms with van der Waals surface area (Å²) in [4.78, 5) is 4.66. The lowest BCUT2D eigenvalue weighted by molar-refractivity contribution is -0.383. The van der Waals surface area contributed by atoms with Crippen molar-refractivity contribution >= 4 is 0 Å². The highest BCUT2D eigenvalue weighted by Crippen LogP contribution is 2.76. The Bertz CT molecular complexity index is 1770. The van der Waals surface area contributed by atoms with Crippen molar-refractivity contribution in [2.24, 2.45) is 45.3 Å². The quantitative estimate of drug-likeness (QED) is 0.0404. The molecule has 3 saturated heterocycles. The molecular formula is C48H82O21. The normalized spacial score (nSPS) is 52.2. The third kappa shape index (κ3) is 9.43. The number of ether oxygens (including phenoxy) is 6. The lowest BCUT2D eigenvalue weighted by Crippen LogP contribution is -2.70. The lowest BCUT2D eigenvalue weighted by atomic mass is 9.35. The molecule has 0 amide bonds. The third-order valence-electron chi connectivity index (χ3n) is 18.8. The highest BCUT2D eigenvalue weighted by atomic mass is 17.1. The summed E-state index contributed by atoms with van der Waals surface area (Å²) in [7, 11) is 0. The van der Waals surface area contributed by atoms with Crippen LogP contribution in [0, 0.1) is 45.3 Å². The first-order valence-corrected chi connectivity index (χ1v) is 24.7. The van der Waals surface area contributed by atoms with Gasteiger partial charge in [0.15, 0.2) is 18.9 Å². The standard InChI is InChI=1S/C48H82O21/c1-43(2,69-62)12-9-13-48(8,68-41-37(61)34(58)31(55)25(19-50)64-41)21-10-14-47(7)29(21)22(52)16-28-45(5)17-23(53)39(44(3,4)27(45)11-15-46(28,47)6)67-42-38(35(59)32(56)26(20-51)65-42)66-40-36(60)33(57)30(54)24(18-49)63-40/h9,12,21-42,49-62H,10-11,13-20H2,1-8H3/b12-9+/t21-,22+,23+,24+,25+,26+,27?,28?,29-,30+,31+,32+,33-,34-,35-,36+,37+,38+,39-,40-,41-,42-,45-,46+,47+,48?/m0/s1. The Morgan fingerprint density at radius 1 is 0.594 bits per heavy atom. The Balaban J connectivity index is 1.16. The van der Waals surface area contributed by atoms with Gasteiger partial charge in [0.2, 0.25) is 0 Å². The van der Waals surface area contributed by atoms with Crippen molar-refractivity contribution in [2.45, 2.75) is 222 Å². The van der Waals surface area contributed by atoms with E-state index in [0.717, 1.165) is 6.42 Å². The fourth-order valence-electron chi connectivity index (χ4n) is 14.9. The van der Waals surface area contributed by atoms with Crippen LogP contribution in [0.5, 0.6) is 0 Å². The van der Waals surface area contributed by atoms with Crippen molar-refractivity contribution in [2.75, 3.05) is 19.8 Å². The Morgan fingerprint density at radius 2 is 1.12 bits per heavy atom. The van der Waals surface area contributed by atoms with E-state index in [1.807, 2.05) is 20.8 Å². The molecule has 0 aromatic rings. The van der Waals surface area contributed by atoms with Gasteiger partial charge in [-0.15, -0.1) is 0 Å². The van der Waals surface area contributed by atoms with Crippen molar-refractivity contribution in [3.05, 3.63) is 12.2 Å². The minimum Gasteiger partial charge on any atom is -0.394 e. The number of aliphatic hydroxyl groups is 13. The van der Waals surface area contributed by atoms with Gasteiger partial charge >= 0.3 is 0 Å². The second-order valence-corrected chi connectivity index (χ2v) is 23.5. The molecule has 7 fully saturated rings. The van der Waals surface area contributed by atoms with Crippen LogP contribution in [0.2, 0.25) is 0 Å². The van der Waals surface area contributed by atoms with E-state index < -0.39 is 163 Å². The number of hydrogen-bond donors (Lipinski definition) is 14. The summed E-state index contributed by atoms with van der Waals surface area (Å²) >= 11 is 0. The summed E-state index contributed by atoms with van der Waals surface area (Å²) in [6.45, 7) is 13.7. The van der Waals surface area contributed by atoms with Gasteiger partial charge in [-0.05, 0) is 111 Å². The van der Waals surface area contributed by atoms with Gasteiger partial charge in [-0.1, -0.05) is 46.8 Å². The second kappa shape index (κ2) is 20.2. The molecule has 0 bridgehead atoms. The average molecular weight is 995 g/mol. The highest BCUT2D eigenvalue weighted by Gasteiger charge is 2.73. The molecule has 0 aromatic heterocycles. The predicted molar refractivity (Wildman–Crippen MR) is 238 cm³/mol. The maximum absolute atomic E-state index is 12.7. The first-order chi connectivity index (χ1) is 32.1. The summed E-state index contributed by atoms with van der Waals surface area (Å²) in [5.41, 5.74) is -4.57. The van der Waals surface area contributed by atoms with E-state index in [0.29, 0.717) is 25.7 Å². The summed E-state index contributed by atoms with van der Waals surface area (Å²) in [5, 5.41) is 151. The van der Waals surface area contributed by atoms with Crippen LogP contribution in [0.25, 0.3) is 0 Å². The number of rotatable bonds is 14. The fraction of sp³-hybridized carbons (Fsp3) is 0.958. The molecule has 0 aromatic carbocycles. The zero-order chi connectivity index (χ0) is 51.1. The van der Waals surface area contributed by atoms with Crippen LogP contribution in [-0.2, 0) is 33.3 Å². The van der Waals surface area contributed by atoms with Gasteiger partial charge in [-0.3, -0.25) is 5.26 Å². The van der Waals surface area contributed by atoms with Gasteiger partial charge in [0.1, 0.15) is 78.8 Å². The number of hydrogen-bond acceptors (Lipinski definition) is 21. The van der Waals surface area contributed by atoms with Crippen molar-refractivity contribution in [3.8, 4) is 0 Å². The van der Waals surface area contributed by atoms with E-state index in [-0.39, 0.29) is 36.5 Å². The average Bonchev–Trinajstić information content (AvgIpc) is 3.68. The molecule has 26 atom stereocenters. The maximum atomic E-state index is 12.7. The maximum Gasteiger partial charge on any atom is 0.187 e. The molecule has 21 heteroatoms. The Kier molecular flexibility index (Phi) is 16.3. The molecule has 7 rings (SSSR count). The largest absolute Gasteiger partial charge is 0.394 e. The van der Waals surface area contributed by atoms with Gasteiger partial charge in [0.05, 0.1) is 43.7 Å². The first-order valence-electron chi connectivity index (χ1n) is 24.7. The molecule has 0 radical (unpaired) electrons. The smallest absolute Gasteiger partial charge is 0.187 e.